The first-order valence-electron chi connectivity index (χ1n) is 9.08. The van der Waals surface area contributed by atoms with Gasteiger partial charge in [-0.3, -0.25) is 15.0 Å². The van der Waals surface area contributed by atoms with E-state index in [4.69, 9.17) is 4.74 Å². The molecule has 0 radical (unpaired) electrons. The van der Waals surface area contributed by atoms with Crippen LogP contribution in [0.5, 0.6) is 5.75 Å². The topological polar surface area (TPSA) is 54.5 Å². The van der Waals surface area contributed by atoms with Crippen molar-refractivity contribution in [2.24, 2.45) is 5.92 Å². The van der Waals surface area contributed by atoms with E-state index in [-0.39, 0.29) is 12.5 Å². The lowest BCUT2D eigenvalue weighted by atomic mass is 9.99. The first-order valence-corrected chi connectivity index (χ1v) is 9.96. The minimum absolute atomic E-state index is 0.146. The van der Waals surface area contributed by atoms with Crippen LogP contribution in [0.2, 0.25) is 0 Å². The Morgan fingerprint density at radius 3 is 3.00 bits per heavy atom. The van der Waals surface area contributed by atoms with Crippen LogP contribution in [-0.2, 0) is 11.3 Å². The summed E-state index contributed by atoms with van der Waals surface area (Å²) in [5.41, 5.74) is 2.58. The summed E-state index contributed by atoms with van der Waals surface area (Å²) >= 11 is 1.48. The van der Waals surface area contributed by atoms with Crippen LogP contribution >= 0.6 is 11.3 Å². The third kappa shape index (κ3) is 3.97. The van der Waals surface area contributed by atoms with Gasteiger partial charge in [-0.2, -0.15) is 0 Å². The number of likely N-dealkylation sites (tertiary alicyclic amines) is 1. The fourth-order valence-electron chi connectivity index (χ4n) is 3.31. The second-order valence-electron chi connectivity index (χ2n) is 7.05. The monoisotopic (exact) mass is 369 g/mol. The van der Waals surface area contributed by atoms with Crippen molar-refractivity contribution in [3.63, 3.8) is 0 Å². The Labute approximate surface area is 157 Å². The van der Waals surface area contributed by atoms with E-state index in [2.05, 4.69) is 22.1 Å². The van der Waals surface area contributed by atoms with Crippen LogP contribution < -0.4 is 10.1 Å². The van der Waals surface area contributed by atoms with Gasteiger partial charge in [0.15, 0.2) is 5.13 Å². The third-order valence-electron chi connectivity index (χ3n) is 4.96. The molecule has 0 aliphatic carbocycles. The van der Waals surface area contributed by atoms with Gasteiger partial charge in [0.2, 0.25) is 0 Å². The number of carbonyl (C=O) groups is 1. The highest BCUT2D eigenvalue weighted by Crippen LogP contribution is 2.27. The number of nitrogens with one attached hydrogen (secondary N) is 1. The number of carbonyl (C=O) groups excluding carboxylic acids is 1. The van der Waals surface area contributed by atoms with Gasteiger partial charge in [-0.1, -0.05) is 25.1 Å². The molecule has 1 fully saturated rings. The second kappa shape index (κ2) is 7.60. The van der Waals surface area contributed by atoms with Crippen molar-refractivity contribution in [3.8, 4) is 5.75 Å². The first-order chi connectivity index (χ1) is 12.7. The molecular weight excluding hydrogens is 346 g/mol. The average Bonchev–Trinajstić information content (AvgIpc) is 3.10. The maximum Gasteiger partial charge on any atom is 0.256 e. The van der Waals surface area contributed by atoms with Gasteiger partial charge in [0, 0.05) is 17.5 Å². The van der Waals surface area contributed by atoms with Crippen molar-refractivity contribution in [2.75, 3.05) is 25.0 Å². The second-order valence-corrected chi connectivity index (χ2v) is 7.91. The molecule has 1 N–H and O–H groups in total. The predicted molar refractivity (Wildman–Crippen MR) is 104 cm³/mol. The van der Waals surface area contributed by atoms with Crippen molar-refractivity contribution >= 4 is 28.5 Å². The number of anilines is 1. The molecule has 2 aliphatic rings. The normalized spacial score (nSPS) is 18.0. The molecule has 2 aliphatic heterocycles. The van der Waals surface area contributed by atoms with Gasteiger partial charge in [0.05, 0.1) is 11.3 Å². The quantitative estimate of drug-likeness (QED) is 0.891. The van der Waals surface area contributed by atoms with Crippen molar-refractivity contribution in [1.29, 1.82) is 0 Å². The molecule has 0 spiro atoms. The van der Waals surface area contributed by atoms with Crippen LogP contribution in [0.3, 0.4) is 0 Å². The standard InChI is InChI=1S/C20H23N3O2S/c1-14-6-8-23(9-7-14)11-17-13-26-20(21-17)22-19(24)16-10-15-4-2-3-5-18(15)25-12-16/h2-5,10,13-14H,6-9,11-12H2,1H3,(H,21,22,24). The van der Waals surface area contributed by atoms with Crippen molar-refractivity contribution in [3.05, 3.63) is 46.5 Å². The SMILES string of the molecule is CC1CCN(Cc2csc(NC(=O)C3=Cc4ccccc4OC3)n2)CC1. The first kappa shape index (κ1) is 17.2. The number of rotatable bonds is 4. The number of ether oxygens (including phenoxy) is 1. The molecule has 1 aromatic heterocycles. The van der Waals surface area contributed by atoms with Gasteiger partial charge in [-0.05, 0) is 44.0 Å². The lowest BCUT2D eigenvalue weighted by molar-refractivity contribution is -0.113. The Morgan fingerprint density at radius 1 is 1.35 bits per heavy atom. The zero-order chi connectivity index (χ0) is 17.9. The van der Waals surface area contributed by atoms with Gasteiger partial charge in [0.25, 0.3) is 5.91 Å². The summed E-state index contributed by atoms with van der Waals surface area (Å²) in [4.78, 5) is 19.5. The third-order valence-corrected chi connectivity index (χ3v) is 5.76. The molecule has 0 saturated carbocycles. The fourth-order valence-corrected chi connectivity index (χ4v) is 4.01. The Bertz CT molecular complexity index is 822. The molecule has 3 heterocycles. The number of para-hydroxylation sites is 1. The van der Waals surface area contributed by atoms with Gasteiger partial charge in [0.1, 0.15) is 12.4 Å². The molecule has 4 rings (SSSR count). The number of benzene rings is 1. The van der Waals surface area contributed by atoms with Gasteiger partial charge < -0.3 is 4.74 Å². The summed E-state index contributed by atoms with van der Waals surface area (Å²) in [6, 6.07) is 7.73. The predicted octanol–water partition coefficient (Wildman–Crippen LogP) is 3.79. The van der Waals surface area contributed by atoms with E-state index < -0.39 is 0 Å². The number of nitrogens with zero attached hydrogens (tertiary/aromatic N) is 2. The van der Waals surface area contributed by atoms with Gasteiger partial charge in [-0.25, -0.2) is 4.98 Å². The van der Waals surface area contributed by atoms with E-state index >= 15 is 0 Å². The number of piperidine rings is 1. The van der Waals surface area contributed by atoms with Crippen LogP contribution in [0.4, 0.5) is 5.13 Å². The van der Waals surface area contributed by atoms with Crippen LogP contribution in [-0.4, -0.2) is 35.5 Å². The number of hydrogen-bond donors (Lipinski definition) is 1. The molecule has 0 unspecified atom stereocenters. The van der Waals surface area contributed by atoms with Gasteiger partial charge >= 0.3 is 0 Å². The molecule has 1 aromatic carbocycles. The minimum Gasteiger partial charge on any atom is -0.488 e. The summed E-state index contributed by atoms with van der Waals surface area (Å²) in [6.07, 6.45) is 4.39. The van der Waals surface area contributed by atoms with E-state index in [9.17, 15) is 4.79 Å². The van der Waals surface area contributed by atoms with Crippen molar-refractivity contribution < 1.29 is 9.53 Å². The van der Waals surface area contributed by atoms with E-state index in [1.54, 1.807) is 0 Å². The molecule has 1 amide bonds. The smallest absolute Gasteiger partial charge is 0.256 e. The Hall–Kier alpha value is -2.18. The molecule has 0 atom stereocenters. The molecule has 26 heavy (non-hydrogen) atoms. The molecule has 6 heteroatoms. The van der Waals surface area contributed by atoms with E-state index in [0.717, 1.165) is 42.6 Å². The zero-order valence-corrected chi connectivity index (χ0v) is 15.7. The highest BCUT2D eigenvalue weighted by atomic mass is 32.1. The molecule has 5 nitrogen and oxygen atoms in total. The maximum absolute atomic E-state index is 12.5. The lowest BCUT2D eigenvalue weighted by Crippen LogP contribution is -2.32. The summed E-state index contributed by atoms with van der Waals surface area (Å²) in [7, 11) is 0. The molecule has 1 saturated heterocycles. The number of thiazole rings is 1. The Kier molecular flexibility index (Phi) is 5.04. The Balaban J connectivity index is 1.37. The largest absolute Gasteiger partial charge is 0.488 e. The molecular formula is C20H23N3O2S. The van der Waals surface area contributed by atoms with E-state index in [1.165, 1.54) is 24.2 Å². The minimum atomic E-state index is -0.146. The van der Waals surface area contributed by atoms with Crippen LogP contribution in [0, 0.1) is 5.92 Å². The zero-order valence-electron chi connectivity index (χ0n) is 14.9. The summed E-state index contributed by atoms with van der Waals surface area (Å²) in [5, 5.41) is 5.59. The van der Waals surface area contributed by atoms with Crippen molar-refractivity contribution in [2.45, 2.75) is 26.3 Å². The number of amides is 1. The number of aromatic nitrogens is 1. The van der Waals surface area contributed by atoms with E-state index in [0.29, 0.717) is 10.7 Å². The Morgan fingerprint density at radius 2 is 2.15 bits per heavy atom. The van der Waals surface area contributed by atoms with Crippen LogP contribution in [0.15, 0.2) is 35.2 Å². The molecule has 136 valence electrons. The maximum atomic E-state index is 12.5. The number of fused-ring (bicyclic) bond motifs is 1. The van der Waals surface area contributed by atoms with Crippen LogP contribution in [0.1, 0.15) is 31.0 Å². The highest BCUT2D eigenvalue weighted by molar-refractivity contribution is 7.14. The summed E-state index contributed by atoms with van der Waals surface area (Å²) < 4.78 is 5.66. The van der Waals surface area contributed by atoms with Gasteiger partial charge in [-0.15, -0.1) is 11.3 Å². The highest BCUT2D eigenvalue weighted by Gasteiger charge is 2.19. The molecule has 2 aromatic rings. The summed E-state index contributed by atoms with van der Waals surface area (Å²) in [5.74, 6) is 1.50. The van der Waals surface area contributed by atoms with Crippen LogP contribution in [0.25, 0.3) is 6.08 Å². The fraction of sp³-hybridized carbons (Fsp3) is 0.400. The van der Waals surface area contributed by atoms with E-state index in [1.807, 2.05) is 35.7 Å². The lowest BCUT2D eigenvalue weighted by Gasteiger charge is -2.29. The number of hydrogen-bond acceptors (Lipinski definition) is 5. The molecule has 0 bridgehead atoms. The average molecular weight is 369 g/mol. The van der Waals surface area contributed by atoms with Crippen molar-refractivity contribution in [1.82, 2.24) is 9.88 Å². The summed E-state index contributed by atoms with van der Waals surface area (Å²) in [6.45, 7) is 5.72.